The van der Waals surface area contributed by atoms with Gasteiger partial charge in [0.25, 0.3) is 0 Å². The molecule has 0 saturated carbocycles. The number of carbonyl (C=O) groups excluding carboxylic acids is 2. The Kier molecular flexibility index (Phi) is 14.1. The Morgan fingerprint density at radius 2 is 1.44 bits per heavy atom. The van der Waals surface area contributed by atoms with Crippen molar-refractivity contribution in [3.8, 4) is 35.5 Å². The fourth-order valence-electron chi connectivity index (χ4n) is 1.59. The van der Waals surface area contributed by atoms with Crippen molar-refractivity contribution in [2.45, 2.75) is 51.9 Å². The molecule has 0 unspecified atom stereocenters. The normalized spacial score (nSPS) is 8.52. The average molecular weight is 346 g/mol. The second-order valence-corrected chi connectivity index (χ2v) is 4.89. The molecule has 6 heteroatoms. The Hall–Kier alpha value is -2.91. The number of esters is 2. The third-order valence-electron chi connectivity index (χ3n) is 2.78. The smallest absolute Gasteiger partial charge is 0.385 e. The Balaban J connectivity index is 3.56. The lowest BCUT2D eigenvalue weighted by Crippen LogP contribution is -2.07. The van der Waals surface area contributed by atoms with Gasteiger partial charge in [0, 0.05) is 18.8 Å². The first-order valence-corrected chi connectivity index (χ1v) is 8.03. The molecule has 0 aliphatic rings. The van der Waals surface area contributed by atoms with Crippen molar-refractivity contribution in [3.05, 3.63) is 0 Å². The third-order valence-corrected chi connectivity index (χ3v) is 2.78. The van der Waals surface area contributed by atoms with Crippen LogP contribution in [0.15, 0.2) is 0 Å². The maximum Gasteiger partial charge on any atom is 0.385 e. The highest BCUT2D eigenvalue weighted by atomic mass is 16.5. The molecule has 0 radical (unpaired) electrons. The second kappa shape index (κ2) is 16.0. The molecule has 6 nitrogen and oxygen atoms in total. The molecule has 0 rings (SSSR count). The minimum absolute atomic E-state index is 0.135. The Morgan fingerprint density at radius 3 is 2.16 bits per heavy atom. The minimum Gasteiger partial charge on any atom is -0.481 e. The number of carbonyl (C=O) groups is 3. The zero-order valence-corrected chi connectivity index (χ0v) is 14.4. The van der Waals surface area contributed by atoms with Crippen LogP contribution in [0.4, 0.5) is 0 Å². The van der Waals surface area contributed by atoms with E-state index in [9.17, 15) is 14.4 Å². The maximum absolute atomic E-state index is 11.4. The molecule has 0 aliphatic heterocycles. The predicted octanol–water partition coefficient (Wildman–Crippen LogP) is 1.92. The van der Waals surface area contributed by atoms with Gasteiger partial charge in [0.1, 0.15) is 0 Å². The molecule has 0 aromatic heterocycles. The molecule has 0 bridgehead atoms. The van der Waals surface area contributed by atoms with Gasteiger partial charge in [-0.25, -0.2) is 4.79 Å². The molecule has 134 valence electrons. The van der Waals surface area contributed by atoms with Crippen molar-refractivity contribution in [3.63, 3.8) is 0 Å². The van der Waals surface area contributed by atoms with Crippen molar-refractivity contribution in [1.29, 1.82) is 0 Å². The lowest BCUT2D eigenvalue weighted by atomic mass is 10.2. The van der Waals surface area contributed by atoms with E-state index in [0.29, 0.717) is 38.7 Å². The van der Waals surface area contributed by atoms with Gasteiger partial charge in [-0.05, 0) is 62.7 Å². The molecule has 0 amide bonds. The van der Waals surface area contributed by atoms with Crippen LogP contribution in [0.3, 0.4) is 0 Å². The van der Waals surface area contributed by atoms with E-state index >= 15 is 0 Å². The fourth-order valence-corrected chi connectivity index (χ4v) is 1.59. The fraction of sp³-hybridized carbons (Fsp3) is 0.526. The van der Waals surface area contributed by atoms with Crippen molar-refractivity contribution in [1.82, 2.24) is 0 Å². The lowest BCUT2D eigenvalue weighted by Gasteiger charge is -2.04. The van der Waals surface area contributed by atoms with Gasteiger partial charge < -0.3 is 14.6 Å². The number of unbranched alkanes of at least 4 members (excludes halogenated alkanes) is 3. The van der Waals surface area contributed by atoms with E-state index in [0.717, 1.165) is 0 Å². The summed E-state index contributed by atoms with van der Waals surface area (Å²) in [7, 11) is 0. The summed E-state index contributed by atoms with van der Waals surface area (Å²) in [6, 6.07) is 0. The van der Waals surface area contributed by atoms with Crippen LogP contribution in [0.1, 0.15) is 51.9 Å². The van der Waals surface area contributed by atoms with Gasteiger partial charge in [0.05, 0.1) is 13.2 Å². The number of rotatable bonds is 11. The molecular weight excluding hydrogens is 324 g/mol. The highest BCUT2D eigenvalue weighted by molar-refractivity contribution is 5.89. The summed E-state index contributed by atoms with van der Waals surface area (Å²) in [5.41, 5.74) is 0. The summed E-state index contributed by atoms with van der Waals surface area (Å²) in [5, 5.41) is 8.47. The number of ether oxygens (including phenoxy) is 2. The number of hydrogen-bond acceptors (Lipinski definition) is 5. The maximum atomic E-state index is 11.4. The SMILES string of the molecule is CC#CC#CC#CC(=O)OCCCCC(=O)OCCCCCC(=O)O. The quantitative estimate of drug-likeness (QED) is 0.266. The van der Waals surface area contributed by atoms with Crippen molar-refractivity contribution in [2.75, 3.05) is 13.2 Å². The van der Waals surface area contributed by atoms with E-state index in [4.69, 9.17) is 14.6 Å². The Labute approximate surface area is 148 Å². The minimum atomic E-state index is -0.817. The van der Waals surface area contributed by atoms with E-state index in [1.54, 1.807) is 6.92 Å². The van der Waals surface area contributed by atoms with Gasteiger partial charge in [-0.1, -0.05) is 5.92 Å². The highest BCUT2D eigenvalue weighted by Gasteiger charge is 2.04. The topological polar surface area (TPSA) is 89.9 Å². The molecule has 0 atom stereocenters. The van der Waals surface area contributed by atoms with Crippen molar-refractivity contribution < 1.29 is 29.0 Å². The van der Waals surface area contributed by atoms with Gasteiger partial charge in [-0.3, -0.25) is 9.59 Å². The van der Waals surface area contributed by atoms with Crippen LogP contribution < -0.4 is 0 Å². The first-order chi connectivity index (χ1) is 12.1. The standard InChI is InChI=1S/C19H22O6/c1-2-3-4-5-8-13-18(22)25-16-11-9-14-19(23)24-15-10-6-7-12-17(20)21/h6-7,9-12,14-16H2,1H3,(H,20,21). The molecule has 0 saturated heterocycles. The van der Waals surface area contributed by atoms with Gasteiger partial charge in [-0.2, -0.15) is 0 Å². The average Bonchev–Trinajstić information content (AvgIpc) is 2.57. The summed E-state index contributed by atoms with van der Waals surface area (Å²) in [6.07, 6.45) is 3.42. The summed E-state index contributed by atoms with van der Waals surface area (Å²) < 4.78 is 9.88. The van der Waals surface area contributed by atoms with Crippen LogP contribution in [-0.2, 0) is 23.9 Å². The van der Waals surface area contributed by atoms with Crippen LogP contribution in [0, 0.1) is 35.5 Å². The monoisotopic (exact) mass is 346 g/mol. The van der Waals surface area contributed by atoms with E-state index in [2.05, 4.69) is 35.5 Å². The summed E-state index contributed by atoms with van der Waals surface area (Å²) in [6.45, 7) is 2.12. The summed E-state index contributed by atoms with van der Waals surface area (Å²) in [5.74, 6) is 12.6. The Bertz CT molecular complexity index is 616. The van der Waals surface area contributed by atoms with E-state index in [1.807, 2.05) is 0 Å². The molecule has 0 fully saturated rings. The van der Waals surface area contributed by atoms with E-state index < -0.39 is 11.9 Å². The van der Waals surface area contributed by atoms with Crippen LogP contribution in [0.25, 0.3) is 0 Å². The molecule has 0 spiro atoms. The molecule has 0 aliphatic carbocycles. The molecule has 25 heavy (non-hydrogen) atoms. The van der Waals surface area contributed by atoms with E-state index in [1.165, 1.54) is 0 Å². The highest BCUT2D eigenvalue weighted by Crippen LogP contribution is 2.02. The zero-order valence-electron chi connectivity index (χ0n) is 14.4. The zero-order chi connectivity index (χ0) is 18.8. The third kappa shape index (κ3) is 17.3. The number of carboxylic acids is 1. The first kappa shape index (κ1) is 22.1. The number of aliphatic carboxylic acids is 1. The van der Waals surface area contributed by atoms with Crippen molar-refractivity contribution in [2.24, 2.45) is 0 Å². The second-order valence-electron chi connectivity index (χ2n) is 4.89. The lowest BCUT2D eigenvalue weighted by molar-refractivity contribution is -0.144. The summed E-state index contributed by atoms with van der Waals surface area (Å²) >= 11 is 0. The van der Waals surface area contributed by atoms with Crippen LogP contribution in [-0.4, -0.2) is 36.2 Å². The van der Waals surface area contributed by atoms with Gasteiger partial charge in [0.2, 0.25) is 0 Å². The van der Waals surface area contributed by atoms with Gasteiger partial charge >= 0.3 is 17.9 Å². The van der Waals surface area contributed by atoms with Crippen molar-refractivity contribution >= 4 is 17.9 Å². The van der Waals surface area contributed by atoms with Gasteiger partial charge in [0.15, 0.2) is 0 Å². The van der Waals surface area contributed by atoms with Crippen LogP contribution >= 0.6 is 0 Å². The Morgan fingerprint density at radius 1 is 0.800 bits per heavy atom. The van der Waals surface area contributed by atoms with Crippen LogP contribution in [0.5, 0.6) is 0 Å². The number of carboxylic acid groups (broad SMARTS) is 1. The molecule has 0 aromatic rings. The number of hydrogen-bond donors (Lipinski definition) is 1. The van der Waals surface area contributed by atoms with Crippen LogP contribution in [0.2, 0.25) is 0 Å². The molecule has 0 aromatic carbocycles. The molecule has 1 N–H and O–H groups in total. The van der Waals surface area contributed by atoms with E-state index in [-0.39, 0.29) is 25.4 Å². The molecule has 0 heterocycles. The first-order valence-electron chi connectivity index (χ1n) is 8.03. The predicted molar refractivity (Wildman–Crippen MR) is 90.9 cm³/mol. The molecular formula is C19H22O6. The largest absolute Gasteiger partial charge is 0.481 e. The summed E-state index contributed by atoms with van der Waals surface area (Å²) in [4.78, 5) is 33.0. The van der Waals surface area contributed by atoms with Gasteiger partial charge in [-0.15, -0.1) is 0 Å².